The molecule has 2 N–H and O–H groups in total. The fourth-order valence-corrected chi connectivity index (χ4v) is 2.32. The Balaban J connectivity index is 2.54. The predicted octanol–water partition coefficient (Wildman–Crippen LogP) is 1.74. The first-order chi connectivity index (χ1) is 9.15. The van der Waals surface area contributed by atoms with Crippen LogP contribution in [0.3, 0.4) is 0 Å². The Kier molecular flexibility index (Phi) is 2.51. The van der Waals surface area contributed by atoms with Gasteiger partial charge in [-0.2, -0.15) is 4.98 Å². The summed E-state index contributed by atoms with van der Waals surface area (Å²) in [5.41, 5.74) is 9.18. The van der Waals surface area contributed by atoms with Crippen LogP contribution >= 0.6 is 0 Å². The summed E-state index contributed by atoms with van der Waals surface area (Å²) in [6, 6.07) is 3.63. The number of aromatic nitrogens is 4. The van der Waals surface area contributed by atoms with Crippen molar-refractivity contribution in [2.45, 2.75) is 20.3 Å². The van der Waals surface area contributed by atoms with E-state index in [1.165, 1.54) is 0 Å². The second kappa shape index (κ2) is 4.08. The molecular formula is C13H15N5O. The zero-order valence-electron chi connectivity index (χ0n) is 11.1. The summed E-state index contributed by atoms with van der Waals surface area (Å²) in [5.74, 6) is 1.95. The van der Waals surface area contributed by atoms with Crippen molar-refractivity contribution >= 4 is 22.5 Å². The summed E-state index contributed by atoms with van der Waals surface area (Å²) < 4.78 is 7.15. The summed E-state index contributed by atoms with van der Waals surface area (Å²) in [5, 5.41) is 0. The number of aryl methyl sites for hydroxylation is 2. The molecule has 3 aromatic heterocycles. The van der Waals surface area contributed by atoms with E-state index in [1.54, 1.807) is 13.2 Å². The standard InChI is InChI=1S/C13H15N5O/c1-4-9-15-7(2)11-12(14)16-8-5-6-10(19-3)17-13(8)18(9)11/h5-6H,4H2,1-3H3,(H2,14,16). The van der Waals surface area contributed by atoms with E-state index < -0.39 is 0 Å². The van der Waals surface area contributed by atoms with E-state index in [0.717, 1.165) is 34.6 Å². The van der Waals surface area contributed by atoms with Crippen LogP contribution in [-0.2, 0) is 6.42 Å². The van der Waals surface area contributed by atoms with Gasteiger partial charge in [0.15, 0.2) is 11.5 Å². The second-order valence-electron chi connectivity index (χ2n) is 4.34. The molecule has 6 nitrogen and oxygen atoms in total. The lowest BCUT2D eigenvalue weighted by atomic mass is 10.3. The lowest BCUT2D eigenvalue weighted by Gasteiger charge is -2.07. The molecule has 0 fully saturated rings. The van der Waals surface area contributed by atoms with Gasteiger partial charge in [0, 0.05) is 12.5 Å². The van der Waals surface area contributed by atoms with Crippen LogP contribution in [0.2, 0.25) is 0 Å². The van der Waals surface area contributed by atoms with Crippen LogP contribution in [0, 0.1) is 6.92 Å². The minimum absolute atomic E-state index is 0.476. The monoisotopic (exact) mass is 257 g/mol. The number of imidazole rings is 1. The highest BCUT2D eigenvalue weighted by Crippen LogP contribution is 2.24. The Labute approximate surface area is 110 Å². The Hall–Kier alpha value is -2.37. The van der Waals surface area contributed by atoms with Crippen LogP contribution in [0.5, 0.6) is 5.88 Å². The number of fused-ring (bicyclic) bond motifs is 3. The van der Waals surface area contributed by atoms with Crippen molar-refractivity contribution in [3.8, 4) is 5.88 Å². The van der Waals surface area contributed by atoms with Crippen molar-refractivity contribution in [3.63, 3.8) is 0 Å². The van der Waals surface area contributed by atoms with Crippen LogP contribution in [0.25, 0.3) is 16.7 Å². The van der Waals surface area contributed by atoms with Crippen molar-refractivity contribution in [1.29, 1.82) is 0 Å². The first kappa shape index (κ1) is 11.7. The summed E-state index contributed by atoms with van der Waals surface area (Å²) in [7, 11) is 1.59. The van der Waals surface area contributed by atoms with Gasteiger partial charge in [-0.05, 0) is 13.0 Å². The number of hydrogen-bond acceptors (Lipinski definition) is 5. The maximum absolute atomic E-state index is 6.03. The van der Waals surface area contributed by atoms with Gasteiger partial charge in [-0.15, -0.1) is 0 Å². The largest absolute Gasteiger partial charge is 0.481 e. The number of nitrogens with two attached hydrogens (primary N) is 1. The molecule has 98 valence electrons. The number of pyridine rings is 1. The van der Waals surface area contributed by atoms with E-state index in [1.807, 2.05) is 17.4 Å². The summed E-state index contributed by atoms with van der Waals surface area (Å²) in [6.07, 6.45) is 0.798. The molecule has 0 spiro atoms. The molecule has 0 atom stereocenters. The lowest BCUT2D eigenvalue weighted by molar-refractivity contribution is 0.399. The molecule has 0 bridgehead atoms. The lowest BCUT2D eigenvalue weighted by Crippen LogP contribution is -2.03. The first-order valence-corrected chi connectivity index (χ1v) is 6.13. The zero-order chi connectivity index (χ0) is 13.6. The van der Waals surface area contributed by atoms with Crippen LogP contribution in [0.1, 0.15) is 18.4 Å². The number of nitrogen functional groups attached to an aromatic ring is 1. The van der Waals surface area contributed by atoms with Gasteiger partial charge in [0.25, 0.3) is 0 Å². The Morgan fingerprint density at radius 1 is 1.26 bits per heavy atom. The highest BCUT2D eigenvalue weighted by molar-refractivity contribution is 5.83. The van der Waals surface area contributed by atoms with Crippen LogP contribution in [0.4, 0.5) is 5.82 Å². The third-order valence-electron chi connectivity index (χ3n) is 3.17. The molecule has 0 amide bonds. The molecule has 3 aromatic rings. The highest BCUT2D eigenvalue weighted by Gasteiger charge is 2.15. The van der Waals surface area contributed by atoms with E-state index in [0.29, 0.717) is 11.7 Å². The van der Waals surface area contributed by atoms with Gasteiger partial charge in [-0.3, -0.25) is 4.40 Å². The molecule has 0 aliphatic heterocycles. The first-order valence-electron chi connectivity index (χ1n) is 6.13. The van der Waals surface area contributed by atoms with Crippen molar-refractivity contribution in [2.75, 3.05) is 12.8 Å². The molecule has 0 aliphatic carbocycles. The molecule has 0 saturated heterocycles. The molecule has 0 aliphatic rings. The Morgan fingerprint density at radius 2 is 2.05 bits per heavy atom. The highest BCUT2D eigenvalue weighted by atomic mass is 16.5. The smallest absolute Gasteiger partial charge is 0.215 e. The second-order valence-corrected chi connectivity index (χ2v) is 4.34. The predicted molar refractivity (Wildman–Crippen MR) is 73.4 cm³/mol. The molecule has 19 heavy (non-hydrogen) atoms. The topological polar surface area (TPSA) is 78.3 Å². The number of rotatable bonds is 2. The van der Waals surface area contributed by atoms with E-state index in [2.05, 4.69) is 21.9 Å². The fraction of sp³-hybridized carbons (Fsp3) is 0.308. The molecule has 0 unspecified atom stereocenters. The third kappa shape index (κ3) is 1.60. The van der Waals surface area contributed by atoms with E-state index >= 15 is 0 Å². The van der Waals surface area contributed by atoms with Crippen molar-refractivity contribution in [1.82, 2.24) is 19.4 Å². The SMILES string of the molecule is CCc1nc(C)c2c(N)nc3ccc(OC)nc3n12. The van der Waals surface area contributed by atoms with Crippen molar-refractivity contribution in [3.05, 3.63) is 23.7 Å². The van der Waals surface area contributed by atoms with E-state index in [4.69, 9.17) is 10.5 Å². The third-order valence-corrected chi connectivity index (χ3v) is 3.17. The zero-order valence-corrected chi connectivity index (χ0v) is 11.1. The van der Waals surface area contributed by atoms with Gasteiger partial charge in [-0.25, -0.2) is 9.97 Å². The number of methoxy groups -OCH3 is 1. The Morgan fingerprint density at radius 3 is 2.74 bits per heavy atom. The summed E-state index contributed by atoms with van der Waals surface area (Å²) in [4.78, 5) is 13.4. The van der Waals surface area contributed by atoms with Crippen molar-refractivity contribution in [2.24, 2.45) is 0 Å². The average Bonchev–Trinajstić information content (AvgIpc) is 2.76. The summed E-state index contributed by atoms with van der Waals surface area (Å²) in [6.45, 7) is 3.98. The van der Waals surface area contributed by atoms with Crippen LogP contribution in [0.15, 0.2) is 12.1 Å². The van der Waals surface area contributed by atoms with Gasteiger partial charge < -0.3 is 10.5 Å². The minimum Gasteiger partial charge on any atom is -0.481 e. The van der Waals surface area contributed by atoms with E-state index in [9.17, 15) is 0 Å². The minimum atomic E-state index is 0.476. The molecule has 3 heterocycles. The molecule has 6 heteroatoms. The number of ether oxygens (including phenoxy) is 1. The van der Waals surface area contributed by atoms with Gasteiger partial charge in [-0.1, -0.05) is 6.92 Å². The van der Waals surface area contributed by atoms with Gasteiger partial charge in [0.05, 0.1) is 12.8 Å². The van der Waals surface area contributed by atoms with Crippen LogP contribution in [-0.4, -0.2) is 26.5 Å². The Bertz CT molecular complexity index is 778. The molecule has 0 aromatic carbocycles. The maximum atomic E-state index is 6.03. The fourth-order valence-electron chi connectivity index (χ4n) is 2.32. The number of anilines is 1. The maximum Gasteiger partial charge on any atom is 0.215 e. The molecule has 0 saturated carbocycles. The quantitative estimate of drug-likeness (QED) is 0.756. The molecular weight excluding hydrogens is 242 g/mol. The molecule has 3 rings (SSSR count). The average molecular weight is 257 g/mol. The molecule has 0 radical (unpaired) electrons. The normalized spacial score (nSPS) is 11.3. The van der Waals surface area contributed by atoms with Gasteiger partial charge in [0.1, 0.15) is 16.9 Å². The van der Waals surface area contributed by atoms with Gasteiger partial charge >= 0.3 is 0 Å². The summed E-state index contributed by atoms with van der Waals surface area (Å²) >= 11 is 0. The van der Waals surface area contributed by atoms with Crippen LogP contribution < -0.4 is 10.5 Å². The van der Waals surface area contributed by atoms with Crippen molar-refractivity contribution < 1.29 is 4.74 Å². The van der Waals surface area contributed by atoms with E-state index in [-0.39, 0.29) is 0 Å². The number of nitrogens with zero attached hydrogens (tertiary/aromatic N) is 4. The van der Waals surface area contributed by atoms with Gasteiger partial charge in [0.2, 0.25) is 5.88 Å². The number of hydrogen-bond donors (Lipinski definition) is 1.